The quantitative estimate of drug-likeness (QED) is 0.437. The monoisotopic (exact) mass is 408 g/mol. The van der Waals surface area contributed by atoms with Gasteiger partial charge in [-0.2, -0.15) is 13.2 Å². The second-order valence-corrected chi connectivity index (χ2v) is 6.66. The van der Waals surface area contributed by atoms with E-state index in [9.17, 15) is 13.2 Å². The van der Waals surface area contributed by atoms with Crippen LogP contribution in [-0.4, -0.2) is 16.7 Å². The topological polar surface area (TPSA) is 9.23 Å². The van der Waals surface area contributed by atoms with E-state index in [0.717, 1.165) is 16.5 Å². The first-order chi connectivity index (χ1) is 9.94. The van der Waals surface area contributed by atoms with Gasteiger partial charge in [-0.1, -0.05) is 52.9 Å². The Morgan fingerprint density at radius 2 is 1.71 bits per heavy atom. The molecular weight excluding hydrogens is 392 g/mol. The summed E-state index contributed by atoms with van der Waals surface area (Å²) in [5, 5.41) is 2.24. The largest absolute Gasteiger partial charge is 0.494 e. The molecule has 0 aliphatic rings. The minimum absolute atomic E-state index is 0.0234. The molecule has 114 valence electrons. The molecule has 0 heterocycles. The number of rotatable bonds is 6. The fraction of sp³-hybridized carbons (Fsp3) is 0.375. The average molecular weight is 408 g/mol. The smallest absolute Gasteiger partial charge is 0.389 e. The van der Waals surface area contributed by atoms with Gasteiger partial charge in [0, 0.05) is 10.3 Å². The van der Waals surface area contributed by atoms with E-state index in [1.165, 1.54) is 0 Å². The molecule has 0 N–H and O–H groups in total. The van der Waals surface area contributed by atoms with Gasteiger partial charge in [0.2, 0.25) is 0 Å². The molecule has 21 heavy (non-hydrogen) atoms. The molecule has 2 aromatic rings. The van der Waals surface area contributed by atoms with Gasteiger partial charge in [0.1, 0.15) is 5.75 Å². The van der Waals surface area contributed by atoms with Crippen LogP contribution < -0.4 is 4.74 Å². The van der Waals surface area contributed by atoms with E-state index in [4.69, 9.17) is 4.74 Å². The predicted molar refractivity (Wildman–Crippen MR) is 87.2 cm³/mol. The summed E-state index contributed by atoms with van der Waals surface area (Å²) >= 11 is 2.06. The number of ether oxygens (including phenoxy) is 1. The molecule has 2 aromatic carbocycles. The standard InChI is InChI=1S/C16H16F3IO/c17-16(18,19)9-7-14(20)8-10-21-15-6-5-12-3-1-2-4-13(12)11-15/h1-6,11,14H,7-10H2. The van der Waals surface area contributed by atoms with Crippen LogP contribution >= 0.6 is 22.6 Å². The van der Waals surface area contributed by atoms with Gasteiger partial charge in [-0.05, 0) is 35.7 Å². The van der Waals surface area contributed by atoms with Crippen LogP contribution in [0.5, 0.6) is 5.75 Å². The minimum Gasteiger partial charge on any atom is -0.494 e. The van der Waals surface area contributed by atoms with Crippen molar-refractivity contribution in [2.24, 2.45) is 0 Å². The Labute approximate surface area is 135 Å². The maximum absolute atomic E-state index is 12.1. The fourth-order valence-corrected chi connectivity index (χ4v) is 2.59. The van der Waals surface area contributed by atoms with Gasteiger partial charge in [0.15, 0.2) is 0 Å². The van der Waals surface area contributed by atoms with E-state index >= 15 is 0 Å². The summed E-state index contributed by atoms with van der Waals surface area (Å²) in [6, 6.07) is 13.8. The SMILES string of the molecule is FC(F)(F)CCC(I)CCOc1ccc2ccccc2c1. The van der Waals surface area contributed by atoms with Gasteiger partial charge in [0.25, 0.3) is 0 Å². The van der Waals surface area contributed by atoms with Gasteiger partial charge in [0.05, 0.1) is 6.61 Å². The number of hydrogen-bond donors (Lipinski definition) is 0. The molecule has 1 nitrogen and oxygen atoms in total. The summed E-state index contributed by atoms with van der Waals surface area (Å²) in [5.41, 5.74) is 0. The Bertz CT molecular complexity index is 583. The van der Waals surface area contributed by atoms with E-state index in [-0.39, 0.29) is 10.3 Å². The van der Waals surface area contributed by atoms with Crippen molar-refractivity contribution in [1.82, 2.24) is 0 Å². The Hall–Kier alpha value is -0.980. The van der Waals surface area contributed by atoms with E-state index in [0.29, 0.717) is 13.0 Å². The highest BCUT2D eigenvalue weighted by Crippen LogP contribution is 2.26. The minimum atomic E-state index is -4.07. The summed E-state index contributed by atoms with van der Waals surface area (Å²) in [4.78, 5) is 0. The van der Waals surface area contributed by atoms with Gasteiger partial charge in [-0.15, -0.1) is 0 Å². The Balaban J connectivity index is 1.79. The second-order valence-electron chi connectivity index (χ2n) is 4.90. The Kier molecular flexibility index (Phi) is 5.72. The van der Waals surface area contributed by atoms with E-state index in [2.05, 4.69) is 22.6 Å². The first-order valence-corrected chi connectivity index (χ1v) is 8.01. The lowest BCUT2D eigenvalue weighted by Crippen LogP contribution is -2.12. The predicted octanol–water partition coefficient (Wildman–Crippen LogP) is 5.75. The molecule has 5 heteroatoms. The van der Waals surface area contributed by atoms with Crippen LogP contribution in [0, 0.1) is 0 Å². The third-order valence-corrected chi connectivity index (χ3v) is 4.41. The van der Waals surface area contributed by atoms with E-state index in [1.54, 1.807) is 0 Å². The Morgan fingerprint density at radius 3 is 2.43 bits per heavy atom. The van der Waals surface area contributed by atoms with Crippen LogP contribution in [0.2, 0.25) is 0 Å². The molecule has 0 bridgehead atoms. The fourth-order valence-electron chi connectivity index (χ4n) is 2.03. The molecule has 0 aliphatic heterocycles. The van der Waals surface area contributed by atoms with Gasteiger partial charge >= 0.3 is 6.18 Å². The van der Waals surface area contributed by atoms with Crippen molar-refractivity contribution in [3.05, 3.63) is 42.5 Å². The van der Waals surface area contributed by atoms with Crippen molar-refractivity contribution >= 4 is 33.4 Å². The highest BCUT2D eigenvalue weighted by molar-refractivity contribution is 14.1. The van der Waals surface area contributed by atoms with Crippen LogP contribution in [-0.2, 0) is 0 Å². The lowest BCUT2D eigenvalue weighted by molar-refractivity contribution is -0.135. The zero-order chi connectivity index (χ0) is 15.3. The van der Waals surface area contributed by atoms with Crippen molar-refractivity contribution in [3.8, 4) is 5.75 Å². The lowest BCUT2D eigenvalue weighted by atomic mass is 10.1. The molecule has 0 aromatic heterocycles. The van der Waals surface area contributed by atoms with Gasteiger partial charge in [-0.3, -0.25) is 0 Å². The maximum atomic E-state index is 12.1. The van der Waals surface area contributed by atoms with Gasteiger partial charge in [-0.25, -0.2) is 0 Å². The summed E-state index contributed by atoms with van der Waals surface area (Å²) in [6.45, 7) is 0.434. The summed E-state index contributed by atoms with van der Waals surface area (Å²) < 4.78 is 42.0. The molecule has 0 fully saturated rings. The zero-order valence-corrected chi connectivity index (χ0v) is 13.5. The number of alkyl halides is 4. The van der Waals surface area contributed by atoms with Crippen molar-refractivity contribution in [2.45, 2.75) is 29.4 Å². The van der Waals surface area contributed by atoms with Crippen LogP contribution in [0.3, 0.4) is 0 Å². The van der Waals surface area contributed by atoms with E-state index in [1.807, 2.05) is 42.5 Å². The first kappa shape index (κ1) is 16.4. The molecule has 1 unspecified atom stereocenters. The summed E-state index contributed by atoms with van der Waals surface area (Å²) in [6.07, 6.45) is -4.03. The maximum Gasteiger partial charge on any atom is 0.389 e. The van der Waals surface area contributed by atoms with Crippen molar-refractivity contribution < 1.29 is 17.9 Å². The average Bonchev–Trinajstić information content (AvgIpc) is 2.44. The van der Waals surface area contributed by atoms with Gasteiger partial charge < -0.3 is 4.74 Å². The normalized spacial score (nSPS) is 13.3. The van der Waals surface area contributed by atoms with Crippen LogP contribution in [0.25, 0.3) is 10.8 Å². The summed E-state index contributed by atoms with van der Waals surface area (Å²) in [5.74, 6) is 0.758. The van der Waals surface area contributed by atoms with Crippen molar-refractivity contribution in [3.63, 3.8) is 0 Å². The second kappa shape index (κ2) is 7.33. The van der Waals surface area contributed by atoms with Crippen LogP contribution in [0.15, 0.2) is 42.5 Å². The molecule has 0 aliphatic carbocycles. The molecule has 0 spiro atoms. The lowest BCUT2D eigenvalue weighted by Gasteiger charge is -2.12. The zero-order valence-electron chi connectivity index (χ0n) is 11.4. The Morgan fingerprint density at radius 1 is 1.00 bits per heavy atom. The number of halogens is 4. The van der Waals surface area contributed by atoms with E-state index < -0.39 is 12.6 Å². The first-order valence-electron chi connectivity index (χ1n) is 6.76. The third kappa shape index (κ3) is 5.73. The molecule has 0 amide bonds. The van der Waals surface area contributed by atoms with Crippen molar-refractivity contribution in [1.29, 1.82) is 0 Å². The number of hydrogen-bond acceptors (Lipinski definition) is 1. The molecular formula is C16H16F3IO. The van der Waals surface area contributed by atoms with Crippen LogP contribution in [0.4, 0.5) is 13.2 Å². The number of benzene rings is 2. The highest BCUT2D eigenvalue weighted by atomic mass is 127. The molecule has 0 saturated heterocycles. The molecule has 0 saturated carbocycles. The summed E-state index contributed by atoms with van der Waals surface area (Å²) in [7, 11) is 0. The van der Waals surface area contributed by atoms with Crippen LogP contribution in [0.1, 0.15) is 19.3 Å². The molecule has 2 rings (SSSR count). The number of fused-ring (bicyclic) bond motifs is 1. The van der Waals surface area contributed by atoms with Crippen molar-refractivity contribution in [2.75, 3.05) is 6.61 Å². The highest BCUT2D eigenvalue weighted by Gasteiger charge is 2.27. The molecule has 0 radical (unpaired) electrons. The molecule has 1 atom stereocenters. The third-order valence-electron chi connectivity index (χ3n) is 3.16.